The Hall–Kier alpha value is -0.930. The predicted octanol–water partition coefficient (Wildman–Crippen LogP) is 1.76. The van der Waals surface area contributed by atoms with Crippen molar-refractivity contribution in [2.45, 2.75) is 33.2 Å². The largest absolute Gasteiger partial charge is 0.314 e. The summed E-state index contributed by atoms with van der Waals surface area (Å²) in [5.41, 5.74) is 1.70. The van der Waals surface area contributed by atoms with Crippen molar-refractivity contribution in [3.8, 4) is 0 Å². The Morgan fingerprint density at radius 1 is 1.44 bits per heavy atom. The minimum Gasteiger partial charge on any atom is -0.314 e. The van der Waals surface area contributed by atoms with Gasteiger partial charge in [-0.1, -0.05) is 33.4 Å². The van der Waals surface area contributed by atoms with Crippen LogP contribution in [0, 0.1) is 5.41 Å². The second-order valence-electron chi connectivity index (χ2n) is 5.89. The molecule has 3 nitrogen and oxygen atoms in total. The van der Waals surface area contributed by atoms with E-state index in [0.717, 1.165) is 43.7 Å². The number of nitrogens with one attached hydrogen (secondary N) is 1. The van der Waals surface area contributed by atoms with Gasteiger partial charge >= 0.3 is 0 Å². The van der Waals surface area contributed by atoms with Crippen LogP contribution in [0.25, 0.3) is 0 Å². The number of ketones is 1. The van der Waals surface area contributed by atoms with Crippen LogP contribution in [0.3, 0.4) is 0 Å². The lowest BCUT2D eigenvalue weighted by Gasteiger charge is -2.45. The summed E-state index contributed by atoms with van der Waals surface area (Å²) in [6.07, 6.45) is 2.96. The van der Waals surface area contributed by atoms with Crippen LogP contribution in [0.2, 0.25) is 0 Å². The molecular formula is C15H24N2O. The van der Waals surface area contributed by atoms with Crippen molar-refractivity contribution in [2.24, 2.45) is 5.41 Å². The number of allylic oxidation sites excluding steroid dienone is 1. The fourth-order valence-corrected chi connectivity index (χ4v) is 3.27. The van der Waals surface area contributed by atoms with E-state index in [9.17, 15) is 4.79 Å². The molecule has 0 amide bonds. The molecule has 1 atom stereocenters. The monoisotopic (exact) mass is 248 g/mol. The van der Waals surface area contributed by atoms with E-state index in [1.54, 1.807) is 0 Å². The van der Waals surface area contributed by atoms with E-state index in [1.165, 1.54) is 0 Å². The molecule has 0 bridgehead atoms. The summed E-state index contributed by atoms with van der Waals surface area (Å²) in [6, 6.07) is 0.155. The van der Waals surface area contributed by atoms with Gasteiger partial charge in [-0.3, -0.25) is 9.69 Å². The minimum atomic E-state index is -0.00627. The second-order valence-corrected chi connectivity index (χ2v) is 5.89. The van der Waals surface area contributed by atoms with Gasteiger partial charge in [0.2, 0.25) is 0 Å². The fourth-order valence-electron chi connectivity index (χ4n) is 3.27. The Bertz CT molecular complexity index is 389. The zero-order valence-corrected chi connectivity index (χ0v) is 11.8. The van der Waals surface area contributed by atoms with Crippen molar-refractivity contribution < 1.29 is 4.79 Å². The summed E-state index contributed by atoms with van der Waals surface area (Å²) < 4.78 is 0. The maximum atomic E-state index is 12.3. The summed E-state index contributed by atoms with van der Waals surface area (Å²) in [5.74, 6) is 0.167. The van der Waals surface area contributed by atoms with Crippen molar-refractivity contribution in [1.29, 1.82) is 0 Å². The number of carbonyl (C=O) groups excluding carboxylic acids is 1. The fraction of sp³-hybridized carbons (Fsp3) is 0.667. The van der Waals surface area contributed by atoms with Crippen molar-refractivity contribution in [2.75, 3.05) is 26.2 Å². The summed E-state index contributed by atoms with van der Waals surface area (Å²) in [5, 5.41) is 3.36. The van der Waals surface area contributed by atoms with Gasteiger partial charge in [0.05, 0.1) is 0 Å². The van der Waals surface area contributed by atoms with E-state index in [4.69, 9.17) is 0 Å². The van der Waals surface area contributed by atoms with E-state index < -0.39 is 0 Å². The molecule has 3 heteroatoms. The third-order valence-electron chi connectivity index (χ3n) is 4.06. The van der Waals surface area contributed by atoms with Crippen LogP contribution in [-0.2, 0) is 4.79 Å². The molecule has 18 heavy (non-hydrogen) atoms. The number of Topliss-reactive ketones (excluding diaryl/α,β-unsaturated/α-hetero) is 1. The van der Waals surface area contributed by atoms with E-state index >= 15 is 0 Å². The Labute approximate surface area is 110 Å². The molecule has 1 unspecified atom stereocenters. The van der Waals surface area contributed by atoms with Gasteiger partial charge < -0.3 is 5.32 Å². The van der Waals surface area contributed by atoms with Crippen molar-refractivity contribution in [3.63, 3.8) is 0 Å². The lowest BCUT2D eigenvalue weighted by Crippen LogP contribution is -2.55. The molecule has 0 aromatic carbocycles. The van der Waals surface area contributed by atoms with Gasteiger partial charge in [0.1, 0.15) is 0 Å². The van der Waals surface area contributed by atoms with Gasteiger partial charge in [0.15, 0.2) is 5.78 Å². The van der Waals surface area contributed by atoms with E-state index in [1.807, 2.05) is 6.92 Å². The molecule has 0 aromatic rings. The van der Waals surface area contributed by atoms with Crippen LogP contribution in [0.1, 0.15) is 27.2 Å². The van der Waals surface area contributed by atoms with Gasteiger partial charge in [-0.05, 0) is 12.0 Å². The van der Waals surface area contributed by atoms with Crippen molar-refractivity contribution in [1.82, 2.24) is 10.2 Å². The van der Waals surface area contributed by atoms with Crippen LogP contribution >= 0.6 is 0 Å². The first-order chi connectivity index (χ1) is 8.47. The third-order valence-corrected chi connectivity index (χ3v) is 4.06. The van der Waals surface area contributed by atoms with Crippen LogP contribution in [-0.4, -0.2) is 42.9 Å². The lowest BCUT2D eigenvalue weighted by atomic mass is 9.71. The summed E-state index contributed by atoms with van der Waals surface area (Å²) in [6.45, 7) is 14.6. The predicted molar refractivity (Wildman–Crippen MR) is 74.5 cm³/mol. The van der Waals surface area contributed by atoms with Crippen LogP contribution in [0.5, 0.6) is 0 Å². The highest BCUT2D eigenvalue weighted by Crippen LogP contribution is 2.38. The van der Waals surface area contributed by atoms with Crippen LogP contribution in [0.15, 0.2) is 23.8 Å². The molecule has 2 rings (SSSR count). The number of piperazine rings is 1. The number of hydrogen-bond acceptors (Lipinski definition) is 3. The highest BCUT2D eigenvalue weighted by molar-refractivity contribution is 6.09. The Kier molecular flexibility index (Phi) is 3.74. The zero-order valence-electron chi connectivity index (χ0n) is 11.8. The molecule has 0 saturated carbocycles. The molecule has 1 aliphatic heterocycles. The lowest BCUT2D eigenvalue weighted by molar-refractivity contribution is -0.114. The first-order valence-electron chi connectivity index (χ1n) is 6.87. The smallest absolute Gasteiger partial charge is 0.185 e. The second kappa shape index (κ2) is 4.98. The summed E-state index contributed by atoms with van der Waals surface area (Å²) >= 11 is 0. The maximum absolute atomic E-state index is 12.3. The van der Waals surface area contributed by atoms with Crippen molar-refractivity contribution in [3.05, 3.63) is 23.8 Å². The molecule has 1 heterocycles. The van der Waals surface area contributed by atoms with E-state index in [2.05, 4.69) is 36.7 Å². The van der Waals surface area contributed by atoms with Crippen LogP contribution in [0.4, 0.5) is 0 Å². The SMILES string of the molecule is C=C1C(=O)C(CC)=CC(C)(C)C1N1CCNCC1. The maximum Gasteiger partial charge on any atom is 0.185 e. The molecule has 1 aliphatic carbocycles. The standard InChI is InChI=1S/C15H24N2O/c1-5-12-10-15(3,4)14(11(2)13(12)18)17-8-6-16-7-9-17/h10,14,16H,2,5-9H2,1,3-4H3. The number of hydrogen-bond donors (Lipinski definition) is 1. The summed E-state index contributed by atoms with van der Waals surface area (Å²) in [4.78, 5) is 14.7. The summed E-state index contributed by atoms with van der Waals surface area (Å²) in [7, 11) is 0. The van der Waals surface area contributed by atoms with E-state index in [-0.39, 0.29) is 17.2 Å². The average molecular weight is 248 g/mol. The zero-order chi connectivity index (χ0) is 13.3. The highest BCUT2D eigenvalue weighted by atomic mass is 16.1. The molecule has 100 valence electrons. The molecular weight excluding hydrogens is 224 g/mol. The molecule has 1 fully saturated rings. The van der Waals surface area contributed by atoms with Gasteiger partial charge in [-0.2, -0.15) is 0 Å². The number of carbonyl (C=O) groups is 1. The quantitative estimate of drug-likeness (QED) is 0.756. The Balaban J connectivity index is 2.31. The first-order valence-corrected chi connectivity index (χ1v) is 6.87. The highest BCUT2D eigenvalue weighted by Gasteiger charge is 2.41. The third kappa shape index (κ3) is 2.29. The average Bonchev–Trinajstić information content (AvgIpc) is 2.35. The van der Waals surface area contributed by atoms with Gasteiger partial charge in [-0.15, -0.1) is 0 Å². The molecule has 0 aromatic heterocycles. The number of nitrogens with zero attached hydrogens (tertiary/aromatic N) is 1. The van der Waals surface area contributed by atoms with Gasteiger partial charge in [0, 0.05) is 43.2 Å². The molecule has 2 aliphatic rings. The minimum absolute atomic E-state index is 0.00627. The molecule has 1 N–H and O–H groups in total. The molecule has 0 radical (unpaired) electrons. The van der Waals surface area contributed by atoms with Gasteiger partial charge in [-0.25, -0.2) is 0 Å². The first kappa shape index (κ1) is 13.5. The number of rotatable bonds is 2. The Morgan fingerprint density at radius 3 is 2.61 bits per heavy atom. The molecule has 0 spiro atoms. The van der Waals surface area contributed by atoms with Crippen LogP contribution < -0.4 is 5.32 Å². The molecule has 1 saturated heterocycles. The van der Waals surface area contributed by atoms with Gasteiger partial charge in [0.25, 0.3) is 0 Å². The Morgan fingerprint density at radius 2 is 2.06 bits per heavy atom. The normalized spacial score (nSPS) is 29.3. The topological polar surface area (TPSA) is 32.3 Å². The van der Waals surface area contributed by atoms with E-state index in [0.29, 0.717) is 0 Å². The van der Waals surface area contributed by atoms with Crippen molar-refractivity contribution >= 4 is 5.78 Å².